The Morgan fingerprint density at radius 1 is 1.61 bits per heavy atom. The van der Waals surface area contributed by atoms with Crippen LogP contribution in [0.1, 0.15) is 30.5 Å². The van der Waals surface area contributed by atoms with Gasteiger partial charge in [-0.15, -0.1) is 17.9 Å². The summed E-state index contributed by atoms with van der Waals surface area (Å²) in [5, 5.41) is 3.82. The molecular formula is C13H17N3OS. The maximum Gasteiger partial charge on any atom is 0.259 e. The van der Waals surface area contributed by atoms with Crippen LogP contribution in [0.3, 0.4) is 0 Å². The molecule has 0 unspecified atom stereocenters. The predicted molar refractivity (Wildman–Crippen MR) is 76.2 cm³/mol. The highest BCUT2D eigenvalue weighted by molar-refractivity contribution is 7.18. The number of hydrogen-bond donors (Lipinski definition) is 2. The Bertz CT molecular complexity index is 612. The second kappa shape index (κ2) is 5.46. The van der Waals surface area contributed by atoms with E-state index in [-0.39, 0.29) is 5.56 Å². The number of H-pyrrole nitrogens is 1. The fourth-order valence-corrected chi connectivity index (χ4v) is 2.71. The van der Waals surface area contributed by atoms with E-state index in [4.69, 9.17) is 0 Å². The summed E-state index contributed by atoms with van der Waals surface area (Å²) in [6, 6.07) is 1.94. The van der Waals surface area contributed by atoms with E-state index < -0.39 is 0 Å². The minimum absolute atomic E-state index is 0.0569. The van der Waals surface area contributed by atoms with Gasteiger partial charge < -0.3 is 10.3 Å². The minimum Gasteiger partial charge on any atom is -0.309 e. The maximum absolute atomic E-state index is 11.9. The molecule has 0 aliphatic heterocycles. The normalized spacial score (nSPS) is 11.3. The van der Waals surface area contributed by atoms with Crippen LogP contribution in [0.2, 0.25) is 0 Å². The van der Waals surface area contributed by atoms with Gasteiger partial charge >= 0.3 is 0 Å². The van der Waals surface area contributed by atoms with E-state index in [1.54, 1.807) is 17.4 Å². The molecule has 2 heterocycles. The molecule has 5 heteroatoms. The average molecular weight is 263 g/mol. The lowest BCUT2D eigenvalue weighted by Gasteiger charge is -2.00. The van der Waals surface area contributed by atoms with Crippen LogP contribution < -0.4 is 10.9 Å². The summed E-state index contributed by atoms with van der Waals surface area (Å²) in [6.07, 6.45) is 1.78. The van der Waals surface area contributed by atoms with E-state index in [2.05, 4.69) is 35.7 Å². The first kappa shape index (κ1) is 13.0. The smallest absolute Gasteiger partial charge is 0.259 e. The van der Waals surface area contributed by atoms with Crippen molar-refractivity contribution in [2.24, 2.45) is 0 Å². The van der Waals surface area contributed by atoms with Gasteiger partial charge in [0.1, 0.15) is 10.7 Å². The van der Waals surface area contributed by atoms with Gasteiger partial charge in [0, 0.05) is 11.4 Å². The molecule has 2 aromatic heterocycles. The molecule has 2 rings (SSSR count). The summed E-state index contributed by atoms with van der Waals surface area (Å²) >= 11 is 1.59. The summed E-state index contributed by atoms with van der Waals surface area (Å²) in [5.41, 5.74) is -0.0569. The quantitative estimate of drug-likeness (QED) is 0.643. The molecule has 0 saturated carbocycles. The number of nitrogens with zero attached hydrogens (tertiary/aromatic N) is 1. The zero-order valence-corrected chi connectivity index (χ0v) is 11.4. The first-order valence-electron chi connectivity index (χ1n) is 5.96. The van der Waals surface area contributed by atoms with Gasteiger partial charge in [0.2, 0.25) is 0 Å². The van der Waals surface area contributed by atoms with Crippen LogP contribution in [0, 0.1) is 0 Å². The van der Waals surface area contributed by atoms with Crippen LogP contribution in [-0.2, 0) is 6.54 Å². The third kappa shape index (κ3) is 2.68. The van der Waals surface area contributed by atoms with E-state index in [1.165, 1.54) is 4.88 Å². The molecule has 0 aliphatic rings. The molecule has 4 nitrogen and oxygen atoms in total. The van der Waals surface area contributed by atoms with Crippen molar-refractivity contribution in [1.82, 2.24) is 15.3 Å². The van der Waals surface area contributed by atoms with Crippen LogP contribution >= 0.6 is 11.3 Å². The molecule has 0 amide bonds. The zero-order chi connectivity index (χ0) is 13.1. The Balaban J connectivity index is 2.35. The molecule has 96 valence electrons. The third-order valence-corrected chi connectivity index (χ3v) is 3.95. The Labute approximate surface area is 110 Å². The van der Waals surface area contributed by atoms with Crippen molar-refractivity contribution in [3.63, 3.8) is 0 Å². The van der Waals surface area contributed by atoms with E-state index in [1.807, 2.05) is 6.07 Å². The van der Waals surface area contributed by atoms with E-state index in [0.717, 1.165) is 4.83 Å². The molecule has 0 fully saturated rings. The molecule has 0 saturated heterocycles. The van der Waals surface area contributed by atoms with Crippen molar-refractivity contribution in [2.45, 2.75) is 26.3 Å². The Hall–Kier alpha value is -1.46. The molecule has 0 aromatic carbocycles. The van der Waals surface area contributed by atoms with E-state index in [9.17, 15) is 4.79 Å². The Morgan fingerprint density at radius 3 is 3.06 bits per heavy atom. The highest BCUT2D eigenvalue weighted by Gasteiger charge is 2.10. The van der Waals surface area contributed by atoms with Crippen molar-refractivity contribution >= 4 is 21.6 Å². The van der Waals surface area contributed by atoms with Gasteiger partial charge in [0.25, 0.3) is 5.56 Å². The number of hydrogen-bond acceptors (Lipinski definition) is 4. The topological polar surface area (TPSA) is 57.8 Å². The molecule has 2 aromatic rings. The fourth-order valence-electron chi connectivity index (χ4n) is 1.66. The zero-order valence-electron chi connectivity index (χ0n) is 10.6. The van der Waals surface area contributed by atoms with Crippen molar-refractivity contribution in [1.29, 1.82) is 0 Å². The van der Waals surface area contributed by atoms with Crippen LogP contribution in [0.4, 0.5) is 0 Å². The largest absolute Gasteiger partial charge is 0.309 e. The van der Waals surface area contributed by atoms with Gasteiger partial charge in [0.15, 0.2) is 0 Å². The van der Waals surface area contributed by atoms with Crippen molar-refractivity contribution in [2.75, 3.05) is 6.54 Å². The lowest BCUT2D eigenvalue weighted by Crippen LogP contribution is -2.18. The van der Waals surface area contributed by atoms with Crippen LogP contribution in [-0.4, -0.2) is 16.5 Å². The molecule has 0 bridgehead atoms. The number of nitrogens with one attached hydrogen (secondary N) is 2. The van der Waals surface area contributed by atoms with Gasteiger partial charge in [-0.2, -0.15) is 0 Å². The molecule has 18 heavy (non-hydrogen) atoms. The van der Waals surface area contributed by atoms with Crippen molar-refractivity contribution in [3.05, 3.63) is 39.8 Å². The number of rotatable bonds is 5. The first-order chi connectivity index (χ1) is 8.61. The third-order valence-electron chi connectivity index (χ3n) is 2.62. The van der Waals surface area contributed by atoms with E-state index >= 15 is 0 Å². The summed E-state index contributed by atoms with van der Waals surface area (Å²) < 4.78 is 0. The van der Waals surface area contributed by atoms with Crippen LogP contribution in [0.5, 0.6) is 0 Å². The van der Waals surface area contributed by atoms with Gasteiger partial charge in [-0.05, 0) is 12.0 Å². The molecule has 0 aliphatic carbocycles. The van der Waals surface area contributed by atoms with Crippen molar-refractivity contribution < 1.29 is 0 Å². The number of aromatic nitrogens is 2. The summed E-state index contributed by atoms with van der Waals surface area (Å²) in [6.45, 7) is 9.11. The van der Waals surface area contributed by atoms with Gasteiger partial charge in [-0.3, -0.25) is 4.79 Å². The number of aromatic amines is 1. The maximum atomic E-state index is 11.9. The lowest BCUT2D eigenvalue weighted by atomic mass is 10.2. The second-order valence-corrected chi connectivity index (χ2v) is 5.52. The summed E-state index contributed by atoms with van der Waals surface area (Å²) in [5.74, 6) is 1.09. The second-order valence-electron chi connectivity index (χ2n) is 4.45. The van der Waals surface area contributed by atoms with Crippen LogP contribution in [0.25, 0.3) is 10.2 Å². The SMILES string of the molecule is C=CCNCc1nc2sc(C(C)C)cc2c(=O)[nH]1. The Morgan fingerprint density at radius 2 is 2.39 bits per heavy atom. The highest BCUT2D eigenvalue weighted by Crippen LogP contribution is 2.27. The monoisotopic (exact) mass is 263 g/mol. The summed E-state index contributed by atoms with van der Waals surface area (Å²) in [7, 11) is 0. The van der Waals surface area contributed by atoms with E-state index in [0.29, 0.717) is 30.2 Å². The highest BCUT2D eigenvalue weighted by atomic mass is 32.1. The average Bonchev–Trinajstić information content (AvgIpc) is 2.74. The molecule has 2 N–H and O–H groups in total. The molecular weight excluding hydrogens is 246 g/mol. The van der Waals surface area contributed by atoms with Gasteiger partial charge in [0.05, 0.1) is 11.9 Å². The first-order valence-corrected chi connectivity index (χ1v) is 6.77. The fraction of sp³-hybridized carbons (Fsp3) is 0.385. The van der Waals surface area contributed by atoms with Gasteiger partial charge in [-0.25, -0.2) is 4.98 Å². The molecule has 0 atom stereocenters. The van der Waals surface area contributed by atoms with Gasteiger partial charge in [-0.1, -0.05) is 19.9 Å². The van der Waals surface area contributed by atoms with Crippen molar-refractivity contribution in [3.8, 4) is 0 Å². The predicted octanol–water partition coefficient (Wildman–Crippen LogP) is 2.38. The number of thiophene rings is 1. The number of fused-ring (bicyclic) bond motifs is 1. The molecule has 0 radical (unpaired) electrons. The van der Waals surface area contributed by atoms with Crippen LogP contribution in [0.15, 0.2) is 23.5 Å². The standard InChI is InChI=1S/C13H17N3OS/c1-4-5-14-7-11-15-12(17)9-6-10(8(2)3)18-13(9)16-11/h4,6,8,14H,1,5,7H2,2-3H3,(H,15,16,17). The Kier molecular flexibility index (Phi) is 3.93. The molecule has 0 spiro atoms. The summed E-state index contributed by atoms with van der Waals surface area (Å²) in [4.78, 5) is 21.2. The minimum atomic E-state index is -0.0569. The lowest BCUT2D eigenvalue weighted by molar-refractivity contribution is 0.718.